The number of carbonyl (C=O) groups is 1. The van der Waals surface area contributed by atoms with Crippen LogP contribution in [0.25, 0.3) is 0 Å². The average Bonchev–Trinajstić information content (AvgIpc) is 2.55. The number of hydrogen-bond acceptors (Lipinski definition) is 4. The number of aryl methyl sites for hydroxylation is 1. The van der Waals surface area contributed by atoms with Crippen LogP contribution in [0.15, 0.2) is 36.4 Å². The Bertz CT molecular complexity index is 671. The molecule has 0 atom stereocenters. The van der Waals surface area contributed by atoms with Crippen LogP contribution in [0.5, 0.6) is 0 Å². The highest BCUT2D eigenvalue weighted by Crippen LogP contribution is 2.49. The molecule has 0 amide bonds. The van der Waals surface area contributed by atoms with Crippen LogP contribution in [-0.4, -0.2) is 26.8 Å². The standard InChI is InChI=1S/C18H20O4/c1-5-22-16(19)13-11-15-14(10-12(13)2)17(20-3)6-8-18(15,21-4)9-7-17/h6-11H,5H2,1-4H3. The lowest BCUT2D eigenvalue weighted by Gasteiger charge is -2.44. The fourth-order valence-electron chi connectivity index (χ4n) is 3.24. The lowest BCUT2D eigenvalue weighted by Crippen LogP contribution is -2.41. The lowest BCUT2D eigenvalue weighted by atomic mass is 9.69. The minimum atomic E-state index is -0.648. The molecule has 0 heterocycles. The van der Waals surface area contributed by atoms with Crippen LogP contribution in [0.2, 0.25) is 0 Å². The average molecular weight is 300 g/mol. The molecule has 0 saturated heterocycles. The summed E-state index contributed by atoms with van der Waals surface area (Å²) in [5, 5.41) is 0. The van der Waals surface area contributed by atoms with E-state index in [1.54, 1.807) is 21.1 Å². The number of methoxy groups -OCH3 is 2. The molecular formula is C18H20O4. The zero-order valence-electron chi connectivity index (χ0n) is 13.3. The Balaban J connectivity index is 2.21. The third-order valence-electron chi connectivity index (χ3n) is 4.53. The van der Waals surface area contributed by atoms with Gasteiger partial charge in [0, 0.05) is 14.2 Å². The van der Waals surface area contributed by atoms with E-state index in [2.05, 4.69) is 0 Å². The monoisotopic (exact) mass is 300 g/mol. The molecule has 0 radical (unpaired) electrons. The fraction of sp³-hybridized carbons (Fsp3) is 0.389. The molecule has 3 aliphatic carbocycles. The van der Waals surface area contributed by atoms with E-state index >= 15 is 0 Å². The number of esters is 1. The van der Waals surface area contributed by atoms with Gasteiger partial charge in [0.15, 0.2) is 0 Å². The van der Waals surface area contributed by atoms with Gasteiger partial charge >= 0.3 is 5.97 Å². The molecule has 4 nitrogen and oxygen atoms in total. The van der Waals surface area contributed by atoms with Crippen molar-refractivity contribution in [3.05, 3.63) is 58.7 Å². The molecule has 4 rings (SSSR count). The van der Waals surface area contributed by atoms with Crippen LogP contribution >= 0.6 is 0 Å². The van der Waals surface area contributed by atoms with Gasteiger partial charge in [-0.1, -0.05) is 6.07 Å². The molecule has 3 aliphatic rings. The van der Waals surface area contributed by atoms with Crippen molar-refractivity contribution in [2.75, 3.05) is 20.8 Å². The second-order valence-electron chi connectivity index (χ2n) is 5.59. The molecule has 0 fully saturated rings. The van der Waals surface area contributed by atoms with E-state index < -0.39 is 11.2 Å². The van der Waals surface area contributed by atoms with Crippen LogP contribution in [0.4, 0.5) is 0 Å². The highest BCUT2D eigenvalue weighted by molar-refractivity contribution is 5.92. The van der Waals surface area contributed by atoms with E-state index in [0.29, 0.717) is 12.2 Å². The van der Waals surface area contributed by atoms with Gasteiger partial charge in [-0.25, -0.2) is 4.79 Å². The zero-order valence-corrected chi connectivity index (χ0v) is 13.3. The quantitative estimate of drug-likeness (QED) is 0.633. The highest BCUT2D eigenvalue weighted by atomic mass is 16.5. The predicted molar refractivity (Wildman–Crippen MR) is 82.8 cm³/mol. The van der Waals surface area contributed by atoms with Crippen LogP contribution in [-0.2, 0) is 25.4 Å². The van der Waals surface area contributed by atoms with Crippen molar-refractivity contribution in [1.29, 1.82) is 0 Å². The van der Waals surface area contributed by atoms with Crippen LogP contribution in [0.1, 0.15) is 34.0 Å². The van der Waals surface area contributed by atoms with Crippen molar-refractivity contribution >= 4 is 5.97 Å². The minimum absolute atomic E-state index is 0.310. The van der Waals surface area contributed by atoms with E-state index in [0.717, 1.165) is 16.7 Å². The Hall–Kier alpha value is -1.91. The first-order valence-corrected chi connectivity index (χ1v) is 7.35. The smallest absolute Gasteiger partial charge is 0.338 e. The molecular weight excluding hydrogens is 280 g/mol. The van der Waals surface area contributed by atoms with Gasteiger partial charge < -0.3 is 14.2 Å². The Labute approximate surface area is 130 Å². The van der Waals surface area contributed by atoms with Gasteiger partial charge in [-0.15, -0.1) is 0 Å². The van der Waals surface area contributed by atoms with Gasteiger partial charge in [-0.3, -0.25) is 0 Å². The fourth-order valence-corrected chi connectivity index (χ4v) is 3.24. The Morgan fingerprint density at radius 1 is 1.00 bits per heavy atom. The third-order valence-corrected chi connectivity index (χ3v) is 4.53. The van der Waals surface area contributed by atoms with Gasteiger partial charge in [0.25, 0.3) is 0 Å². The van der Waals surface area contributed by atoms with E-state index in [9.17, 15) is 4.79 Å². The molecule has 0 unspecified atom stereocenters. The number of ether oxygens (including phenoxy) is 3. The summed E-state index contributed by atoms with van der Waals surface area (Å²) in [5.74, 6) is -0.310. The second-order valence-corrected chi connectivity index (χ2v) is 5.59. The number of rotatable bonds is 4. The third kappa shape index (κ3) is 1.87. The van der Waals surface area contributed by atoms with E-state index in [-0.39, 0.29) is 5.97 Å². The first kappa shape index (κ1) is 15.0. The van der Waals surface area contributed by atoms with Gasteiger partial charge in [0.2, 0.25) is 0 Å². The molecule has 1 aromatic rings. The van der Waals surface area contributed by atoms with Crippen molar-refractivity contribution in [2.45, 2.75) is 25.0 Å². The topological polar surface area (TPSA) is 44.8 Å². The Morgan fingerprint density at radius 2 is 1.50 bits per heavy atom. The van der Waals surface area contributed by atoms with Gasteiger partial charge in [-0.05, 0) is 60.9 Å². The predicted octanol–water partition coefficient (Wildman–Crippen LogP) is 2.99. The van der Waals surface area contributed by atoms with E-state index in [1.807, 2.05) is 43.4 Å². The van der Waals surface area contributed by atoms with Crippen LogP contribution in [0.3, 0.4) is 0 Å². The summed E-state index contributed by atoms with van der Waals surface area (Å²) >= 11 is 0. The molecule has 0 aliphatic heterocycles. The van der Waals surface area contributed by atoms with Crippen molar-refractivity contribution in [3.8, 4) is 0 Å². The second kappa shape index (κ2) is 5.07. The normalized spacial score (nSPS) is 27.8. The van der Waals surface area contributed by atoms with E-state index in [1.165, 1.54) is 0 Å². The molecule has 4 heteroatoms. The maximum Gasteiger partial charge on any atom is 0.338 e. The summed E-state index contributed by atoms with van der Waals surface area (Å²) in [7, 11) is 3.34. The number of benzene rings is 1. The summed E-state index contributed by atoms with van der Waals surface area (Å²) in [4.78, 5) is 12.2. The van der Waals surface area contributed by atoms with Crippen LogP contribution < -0.4 is 0 Å². The number of carbonyl (C=O) groups excluding carboxylic acids is 1. The summed E-state index contributed by atoms with van der Waals surface area (Å²) in [6.07, 6.45) is 7.96. The lowest BCUT2D eigenvalue weighted by molar-refractivity contribution is 0.0207. The van der Waals surface area contributed by atoms with Crippen molar-refractivity contribution < 1.29 is 19.0 Å². The van der Waals surface area contributed by atoms with Crippen LogP contribution in [0, 0.1) is 6.92 Å². The van der Waals surface area contributed by atoms with Crippen molar-refractivity contribution in [1.82, 2.24) is 0 Å². The van der Waals surface area contributed by atoms with Crippen molar-refractivity contribution in [2.24, 2.45) is 0 Å². The maximum atomic E-state index is 12.2. The molecule has 0 spiro atoms. The molecule has 0 saturated carbocycles. The van der Waals surface area contributed by atoms with E-state index in [4.69, 9.17) is 14.2 Å². The Kier molecular flexibility index (Phi) is 3.46. The largest absolute Gasteiger partial charge is 0.462 e. The summed E-state index contributed by atoms with van der Waals surface area (Å²) in [5.41, 5.74) is 2.13. The van der Waals surface area contributed by atoms with Gasteiger partial charge in [-0.2, -0.15) is 0 Å². The molecule has 0 aromatic heterocycles. The summed E-state index contributed by atoms with van der Waals surface area (Å²) in [6, 6.07) is 3.86. The van der Waals surface area contributed by atoms with Gasteiger partial charge in [0.05, 0.1) is 12.2 Å². The summed E-state index contributed by atoms with van der Waals surface area (Å²) < 4.78 is 16.6. The number of hydrogen-bond donors (Lipinski definition) is 0. The SMILES string of the molecule is CCOC(=O)c1cc2c(cc1C)C1(OC)C=CC2(OC)C=C1. The first-order chi connectivity index (χ1) is 10.5. The molecule has 1 aromatic carbocycles. The summed E-state index contributed by atoms with van der Waals surface area (Å²) in [6.45, 7) is 4.06. The highest BCUT2D eigenvalue weighted by Gasteiger charge is 2.46. The molecule has 116 valence electrons. The molecule has 22 heavy (non-hydrogen) atoms. The molecule has 2 bridgehead atoms. The first-order valence-electron chi connectivity index (χ1n) is 7.35. The maximum absolute atomic E-state index is 12.2. The minimum Gasteiger partial charge on any atom is -0.462 e. The van der Waals surface area contributed by atoms with Crippen molar-refractivity contribution in [3.63, 3.8) is 0 Å². The van der Waals surface area contributed by atoms with Gasteiger partial charge in [0.1, 0.15) is 11.2 Å². The zero-order chi connectivity index (χ0) is 16.0. The Morgan fingerprint density at radius 3 is 1.95 bits per heavy atom. The molecule has 0 N–H and O–H groups in total.